The minimum atomic E-state index is -4.84. The van der Waals surface area contributed by atoms with Crippen molar-refractivity contribution < 1.29 is 22.8 Å². The molecule has 0 bridgehead atoms. The number of carbonyl (C=O) groups excluding carboxylic acids is 2. The van der Waals surface area contributed by atoms with E-state index in [4.69, 9.17) is 0 Å². The molecule has 1 unspecified atom stereocenters. The number of anilines is 2. The van der Waals surface area contributed by atoms with Crippen LogP contribution in [0.4, 0.5) is 24.5 Å². The summed E-state index contributed by atoms with van der Waals surface area (Å²) in [6.07, 6.45) is 0.0962. The molecule has 1 aliphatic heterocycles. The summed E-state index contributed by atoms with van der Waals surface area (Å²) < 4.78 is 42.9. The maximum atomic E-state index is 14.0. The molecule has 2 aromatic heterocycles. The lowest BCUT2D eigenvalue weighted by Gasteiger charge is -2.31. The van der Waals surface area contributed by atoms with E-state index in [9.17, 15) is 27.6 Å². The number of thiophene rings is 1. The van der Waals surface area contributed by atoms with E-state index in [0.29, 0.717) is 15.1 Å². The molecule has 1 aromatic carbocycles. The van der Waals surface area contributed by atoms with Crippen molar-refractivity contribution in [1.82, 2.24) is 9.55 Å². The standard InChI is InChI=1S/C23H21F3N4O3S/c24-23(25,26)17-10-18(31)28-14-7-4-5-8-15(14)30(17)19(32)11-29-12-27-21-20(22(29)33)13-6-2-1-3-9-16(13)34-21/h4-5,7-8,12,17H,1-3,6,9-11H2,(H,28,31). The highest BCUT2D eigenvalue weighted by molar-refractivity contribution is 7.18. The van der Waals surface area contributed by atoms with E-state index in [2.05, 4.69) is 10.3 Å². The van der Waals surface area contributed by atoms with Crippen LogP contribution in [-0.4, -0.2) is 33.6 Å². The van der Waals surface area contributed by atoms with Crippen LogP contribution in [0.15, 0.2) is 35.4 Å². The SMILES string of the molecule is O=C1CC(C(F)(F)F)N(C(=O)Cn2cnc3sc4c(c3c2=O)CCCCC4)c2ccccc2N1. The van der Waals surface area contributed by atoms with Gasteiger partial charge in [-0.05, 0) is 43.4 Å². The van der Waals surface area contributed by atoms with E-state index in [1.165, 1.54) is 35.9 Å². The lowest BCUT2D eigenvalue weighted by Crippen LogP contribution is -2.51. The Morgan fingerprint density at radius 3 is 2.71 bits per heavy atom. The van der Waals surface area contributed by atoms with Gasteiger partial charge >= 0.3 is 6.18 Å². The first-order valence-corrected chi connectivity index (χ1v) is 11.8. The third kappa shape index (κ3) is 3.97. The predicted molar refractivity (Wildman–Crippen MR) is 122 cm³/mol. The fourth-order valence-corrected chi connectivity index (χ4v) is 5.91. The summed E-state index contributed by atoms with van der Waals surface area (Å²) in [5.74, 6) is -1.79. The van der Waals surface area contributed by atoms with Crippen molar-refractivity contribution >= 4 is 44.7 Å². The number of halogens is 3. The van der Waals surface area contributed by atoms with Gasteiger partial charge in [0.1, 0.15) is 17.4 Å². The topological polar surface area (TPSA) is 84.3 Å². The van der Waals surface area contributed by atoms with Crippen LogP contribution < -0.4 is 15.8 Å². The summed E-state index contributed by atoms with van der Waals surface area (Å²) in [5.41, 5.74) is 0.558. The number of para-hydroxylation sites is 2. The molecule has 5 rings (SSSR count). The van der Waals surface area contributed by atoms with Crippen molar-refractivity contribution in [2.24, 2.45) is 0 Å². The Bertz CT molecular complexity index is 1350. The number of amides is 2. The Morgan fingerprint density at radius 1 is 1.15 bits per heavy atom. The number of alkyl halides is 3. The molecule has 34 heavy (non-hydrogen) atoms. The molecular formula is C23H21F3N4O3S. The summed E-state index contributed by atoms with van der Waals surface area (Å²) in [4.78, 5) is 45.4. The number of rotatable bonds is 2. The molecule has 0 spiro atoms. The molecule has 7 nitrogen and oxygen atoms in total. The molecule has 1 aliphatic carbocycles. The van der Waals surface area contributed by atoms with Gasteiger partial charge in [0, 0.05) is 4.88 Å². The van der Waals surface area contributed by atoms with E-state index in [0.717, 1.165) is 47.1 Å². The molecular weight excluding hydrogens is 469 g/mol. The number of nitrogens with zero attached hydrogens (tertiary/aromatic N) is 3. The van der Waals surface area contributed by atoms with Crippen molar-refractivity contribution in [2.75, 3.05) is 10.2 Å². The Morgan fingerprint density at radius 2 is 1.91 bits per heavy atom. The fourth-order valence-electron chi connectivity index (χ4n) is 4.69. The largest absolute Gasteiger partial charge is 0.409 e. The summed E-state index contributed by atoms with van der Waals surface area (Å²) in [5, 5.41) is 2.89. The molecule has 3 aromatic rings. The highest BCUT2D eigenvalue weighted by Gasteiger charge is 2.49. The van der Waals surface area contributed by atoms with Crippen LogP contribution in [0.3, 0.4) is 0 Å². The normalized spacial score (nSPS) is 18.6. The van der Waals surface area contributed by atoms with Crippen LogP contribution >= 0.6 is 11.3 Å². The Kier molecular flexibility index (Phi) is 5.67. The van der Waals surface area contributed by atoms with Gasteiger partial charge in [-0.15, -0.1) is 11.3 Å². The number of nitrogens with one attached hydrogen (secondary N) is 1. The molecule has 1 atom stereocenters. The molecule has 0 radical (unpaired) electrons. The van der Waals surface area contributed by atoms with E-state index in [-0.39, 0.29) is 11.4 Å². The van der Waals surface area contributed by atoms with Gasteiger partial charge in [0.15, 0.2) is 0 Å². The van der Waals surface area contributed by atoms with Gasteiger partial charge in [0.05, 0.1) is 29.5 Å². The average molecular weight is 491 g/mol. The highest BCUT2D eigenvalue weighted by atomic mass is 32.1. The second-order valence-corrected chi connectivity index (χ2v) is 9.60. The smallest absolute Gasteiger partial charge is 0.324 e. The zero-order chi connectivity index (χ0) is 24.0. The predicted octanol–water partition coefficient (Wildman–Crippen LogP) is 4.03. The number of aryl methyl sites for hydroxylation is 2. The quantitative estimate of drug-likeness (QED) is 0.550. The molecule has 0 saturated heterocycles. The van der Waals surface area contributed by atoms with Crippen LogP contribution in [0, 0.1) is 0 Å². The zero-order valence-corrected chi connectivity index (χ0v) is 18.8. The Hall–Kier alpha value is -3.21. The van der Waals surface area contributed by atoms with Gasteiger partial charge < -0.3 is 5.32 Å². The van der Waals surface area contributed by atoms with Crippen LogP contribution in [0.25, 0.3) is 10.2 Å². The average Bonchev–Trinajstić information content (AvgIpc) is 2.90. The number of benzene rings is 1. The van der Waals surface area contributed by atoms with Crippen molar-refractivity contribution in [3.63, 3.8) is 0 Å². The Balaban J connectivity index is 1.56. The monoisotopic (exact) mass is 490 g/mol. The molecule has 178 valence electrons. The van der Waals surface area contributed by atoms with Gasteiger partial charge in [-0.25, -0.2) is 4.98 Å². The maximum Gasteiger partial charge on any atom is 0.409 e. The third-order valence-corrected chi connectivity index (χ3v) is 7.47. The van der Waals surface area contributed by atoms with Gasteiger partial charge in [0.25, 0.3) is 5.56 Å². The third-order valence-electron chi connectivity index (χ3n) is 6.27. The molecule has 0 fully saturated rings. The first kappa shape index (κ1) is 22.6. The number of carbonyl (C=O) groups is 2. The summed E-state index contributed by atoms with van der Waals surface area (Å²) in [7, 11) is 0. The first-order chi connectivity index (χ1) is 16.2. The van der Waals surface area contributed by atoms with Crippen molar-refractivity contribution in [2.45, 2.75) is 57.3 Å². The number of fused-ring (bicyclic) bond motifs is 4. The summed E-state index contributed by atoms with van der Waals surface area (Å²) >= 11 is 1.47. The molecule has 1 N–H and O–H groups in total. The van der Waals surface area contributed by atoms with E-state index >= 15 is 0 Å². The summed E-state index contributed by atoms with van der Waals surface area (Å²) in [6, 6.07) is 3.48. The number of hydrogen-bond donors (Lipinski definition) is 1. The molecule has 11 heteroatoms. The van der Waals surface area contributed by atoms with Gasteiger partial charge in [-0.1, -0.05) is 18.6 Å². The first-order valence-electron chi connectivity index (χ1n) is 11.0. The van der Waals surface area contributed by atoms with E-state index in [1.807, 2.05) is 0 Å². The van der Waals surface area contributed by atoms with Crippen molar-refractivity contribution in [3.05, 3.63) is 51.4 Å². The maximum absolute atomic E-state index is 14.0. The molecule has 0 saturated carbocycles. The zero-order valence-electron chi connectivity index (χ0n) is 18.0. The van der Waals surface area contributed by atoms with Crippen molar-refractivity contribution in [1.29, 1.82) is 0 Å². The highest BCUT2D eigenvalue weighted by Crippen LogP contribution is 2.38. The van der Waals surface area contributed by atoms with E-state index in [1.54, 1.807) is 6.07 Å². The number of hydrogen-bond acceptors (Lipinski definition) is 5. The molecule has 3 heterocycles. The number of aromatic nitrogens is 2. The molecule has 2 amide bonds. The minimum absolute atomic E-state index is 0.0628. The van der Waals surface area contributed by atoms with E-state index < -0.39 is 42.6 Å². The lowest BCUT2D eigenvalue weighted by molar-refractivity contribution is -0.158. The van der Waals surface area contributed by atoms with Gasteiger partial charge in [-0.2, -0.15) is 13.2 Å². The Labute approximate surface area is 196 Å². The second kappa shape index (κ2) is 8.53. The van der Waals surface area contributed by atoms with Crippen molar-refractivity contribution in [3.8, 4) is 0 Å². The lowest BCUT2D eigenvalue weighted by atomic mass is 10.1. The molecule has 2 aliphatic rings. The van der Waals surface area contributed by atoms with Crippen LogP contribution in [0.5, 0.6) is 0 Å². The van der Waals surface area contributed by atoms with Gasteiger partial charge in [-0.3, -0.25) is 23.9 Å². The minimum Gasteiger partial charge on any atom is -0.324 e. The fraction of sp³-hybridized carbons (Fsp3) is 0.391. The van der Waals surface area contributed by atoms with Crippen LogP contribution in [-0.2, 0) is 29.0 Å². The van der Waals surface area contributed by atoms with Crippen LogP contribution in [0.1, 0.15) is 36.1 Å². The van der Waals surface area contributed by atoms with Gasteiger partial charge in [0.2, 0.25) is 11.8 Å². The second-order valence-electron chi connectivity index (χ2n) is 8.51. The van der Waals surface area contributed by atoms with Crippen LogP contribution in [0.2, 0.25) is 0 Å². The summed E-state index contributed by atoms with van der Waals surface area (Å²) in [6.45, 7) is -0.624.